The van der Waals surface area contributed by atoms with Crippen molar-refractivity contribution in [1.82, 2.24) is 15.5 Å². The van der Waals surface area contributed by atoms with E-state index in [1.165, 1.54) is 11.8 Å². The van der Waals surface area contributed by atoms with Crippen LogP contribution in [-0.2, 0) is 23.9 Å². The van der Waals surface area contributed by atoms with Crippen LogP contribution in [0.4, 0.5) is 18.9 Å². The van der Waals surface area contributed by atoms with Crippen LogP contribution in [-0.4, -0.2) is 71.8 Å². The number of piperidine rings is 2. The minimum Gasteiger partial charge on any atom is -0.461 e. The van der Waals surface area contributed by atoms with Gasteiger partial charge in [-0.25, -0.2) is 13.6 Å². The fraction of sp³-hybridized carbons (Fsp3) is 0.613. The average molecular weight is 641 g/mol. The van der Waals surface area contributed by atoms with Crippen molar-refractivity contribution in [1.29, 1.82) is 0 Å². The van der Waals surface area contributed by atoms with Crippen LogP contribution < -0.4 is 16.0 Å². The van der Waals surface area contributed by atoms with Crippen LogP contribution in [0.1, 0.15) is 59.3 Å². The normalized spacial score (nSPS) is 25.8. The first-order valence-corrected chi connectivity index (χ1v) is 15.5. The third kappa shape index (κ3) is 7.86. The third-order valence-corrected chi connectivity index (χ3v) is 8.71. The Labute approximate surface area is 260 Å². The molecular weight excluding hydrogens is 601 g/mol. The lowest BCUT2D eigenvalue weighted by Crippen LogP contribution is -2.70. The first kappa shape index (κ1) is 33.6. The summed E-state index contributed by atoms with van der Waals surface area (Å²) >= 11 is 6.14. The number of esters is 1. The summed E-state index contributed by atoms with van der Waals surface area (Å²) in [5.41, 5.74) is 0.569. The lowest BCUT2D eigenvalue weighted by atomic mass is 9.71. The van der Waals surface area contributed by atoms with Crippen LogP contribution in [0.15, 0.2) is 36.2 Å². The second-order valence-corrected chi connectivity index (χ2v) is 12.6. The number of hydrogen-bond acceptors (Lipinski definition) is 6. The Bertz CT molecular complexity index is 1280. The molecule has 3 aliphatic heterocycles. The zero-order chi connectivity index (χ0) is 32.2. The predicted octanol–water partition coefficient (Wildman–Crippen LogP) is 4.61. The number of nitrogens with zero attached hydrogens (tertiary/aromatic N) is 1. The van der Waals surface area contributed by atoms with Gasteiger partial charge < -0.3 is 25.6 Å². The fourth-order valence-electron chi connectivity index (χ4n) is 6.53. The van der Waals surface area contributed by atoms with Gasteiger partial charge in [0.1, 0.15) is 12.1 Å². The summed E-state index contributed by atoms with van der Waals surface area (Å²) in [4.78, 5) is 53.7. The first-order chi connectivity index (χ1) is 20.8. The molecule has 0 radical (unpaired) electrons. The van der Waals surface area contributed by atoms with Crippen molar-refractivity contribution >= 4 is 41.0 Å². The molecule has 0 spiro atoms. The number of nitrogens with one attached hydrogen (secondary N) is 3. The number of carbonyl (C=O) groups is 4. The number of carbonyl (C=O) groups excluding carboxylic acids is 4. The van der Waals surface area contributed by atoms with E-state index < -0.39 is 72.0 Å². The van der Waals surface area contributed by atoms with Crippen molar-refractivity contribution in [3.63, 3.8) is 0 Å². The zero-order valence-electron chi connectivity index (χ0n) is 25.1. The Kier molecular flexibility index (Phi) is 10.9. The maximum atomic E-state index is 15.3. The van der Waals surface area contributed by atoms with Crippen LogP contribution in [0.2, 0.25) is 5.02 Å². The van der Waals surface area contributed by atoms with E-state index in [1.807, 2.05) is 13.8 Å². The van der Waals surface area contributed by atoms with Crippen LogP contribution in [0.5, 0.6) is 0 Å². The van der Waals surface area contributed by atoms with Gasteiger partial charge in [0.25, 0.3) is 5.92 Å². The predicted molar refractivity (Wildman–Crippen MR) is 159 cm³/mol. The molecular formula is C31H40ClF3N4O5. The van der Waals surface area contributed by atoms with Crippen molar-refractivity contribution in [2.24, 2.45) is 17.8 Å². The Morgan fingerprint density at radius 3 is 2.59 bits per heavy atom. The number of fused-ring (bicyclic) bond motifs is 3. The SMILES string of the molecule is CCOC(=O)/C(F)=C/[C@H](C[C@@H]1CCNC1=O)NC(=O)[C@H]1[C@@H]2CC[C@@H](CC2(F)F)N1C(=O)[C@@H](CC(C)C)Nc1cccc(Cl)c1. The summed E-state index contributed by atoms with van der Waals surface area (Å²) in [6.07, 6.45) is 1.32. The molecule has 3 amide bonds. The van der Waals surface area contributed by atoms with Gasteiger partial charge in [0, 0.05) is 35.6 Å². The number of benzene rings is 1. The monoisotopic (exact) mass is 640 g/mol. The number of amides is 3. The lowest BCUT2D eigenvalue weighted by molar-refractivity contribution is -0.194. The fourth-order valence-corrected chi connectivity index (χ4v) is 6.72. The minimum atomic E-state index is -3.21. The number of hydrogen-bond donors (Lipinski definition) is 3. The van der Waals surface area contributed by atoms with E-state index in [0.717, 1.165) is 6.08 Å². The van der Waals surface area contributed by atoms with Crippen molar-refractivity contribution in [3.05, 3.63) is 41.2 Å². The minimum absolute atomic E-state index is 0.0266. The molecule has 4 aliphatic rings. The van der Waals surface area contributed by atoms with Crippen LogP contribution in [0.25, 0.3) is 0 Å². The highest BCUT2D eigenvalue weighted by Gasteiger charge is 2.61. The van der Waals surface area contributed by atoms with E-state index in [-0.39, 0.29) is 31.3 Å². The number of ether oxygens (including phenoxy) is 1. The Balaban J connectivity index is 1.65. The van der Waals surface area contributed by atoms with Gasteiger partial charge in [-0.1, -0.05) is 31.5 Å². The van der Waals surface area contributed by atoms with Gasteiger partial charge in [0.2, 0.25) is 23.5 Å². The second-order valence-electron chi connectivity index (χ2n) is 12.2. The van der Waals surface area contributed by atoms with Crippen molar-refractivity contribution in [2.45, 2.75) is 89.4 Å². The van der Waals surface area contributed by atoms with Gasteiger partial charge >= 0.3 is 5.97 Å². The quantitative estimate of drug-likeness (QED) is 0.227. The Hall–Kier alpha value is -3.28. The van der Waals surface area contributed by atoms with E-state index >= 15 is 8.78 Å². The highest BCUT2D eigenvalue weighted by atomic mass is 35.5. The molecule has 13 heteroatoms. The van der Waals surface area contributed by atoms with Gasteiger partial charge in [-0.3, -0.25) is 14.4 Å². The number of halogens is 4. The molecule has 0 aromatic heterocycles. The van der Waals surface area contributed by atoms with Crippen molar-refractivity contribution < 1.29 is 37.1 Å². The van der Waals surface area contributed by atoms with Gasteiger partial charge in [0.15, 0.2) is 0 Å². The highest BCUT2D eigenvalue weighted by molar-refractivity contribution is 6.30. The van der Waals surface area contributed by atoms with E-state index in [4.69, 9.17) is 16.3 Å². The van der Waals surface area contributed by atoms with Crippen LogP contribution in [0.3, 0.4) is 0 Å². The molecule has 1 aliphatic carbocycles. The zero-order valence-corrected chi connectivity index (χ0v) is 25.8. The maximum Gasteiger partial charge on any atom is 0.366 e. The lowest BCUT2D eigenvalue weighted by Gasteiger charge is -2.54. The van der Waals surface area contributed by atoms with E-state index in [0.29, 0.717) is 36.5 Å². The Morgan fingerprint density at radius 2 is 1.98 bits per heavy atom. The molecule has 6 atom stereocenters. The number of rotatable bonds is 12. The summed E-state index contributed by atoms with van der Waals surface area (Å²) < 4.78 is 50.1. The van der Waals surface area contributed by atoms with Gasteiger partial charge in [0.05, 0.1) is 18.6 Å². The molecule has 1 aromatic rings. The van der Waals surface area contributed by atoms with Gasteiger partial charge in [-0.05, 0) is 69.2 Å². The molecule has 1 aromatic carbocycles. The van der Waals surface area contributed by atoms with E-state index in [2.05, 4.69) is 16.0 Å². The maximum absolute atomic E-state index is 15.3. The molecule has 1 saturated carbocycles. The highest BCUT2D eigenvalue weighted by Crippen LogP contribution is 2.49. The van der Waals surface area contributed by atoms with Crippen molar-refractivity contribution in [2.75, 3.05) is 18.5 Å². The first-order valence-electron chi connectivity index (χ1n) is 15.1. The molecule has 3 N–H and O–H groups in total. The molecule has 9 nitrogen and oxygen atoms in total. The second kappa shape index (κ2) is 14.2. The standard InChI is InChI=1S/C31H40ClF3N4O5/c1-4-44-30(43)24(33)15-21(13-18-10-11-36-27(18)40)38-28(41)26-23-9-8-22(16-31(23,34)35)39(26)29(42)25(12-17(2)3)37-20-7-5-6-19(32)14-20/h5-7,14-15,17-18,21-23,25-26,37H,4,8-13,16H2,1-3H3,(H,36,40)(H,38,41)/b24-15-/t18-,21-,22-,23-,25+,26+/m0/s1. The molecule has 44 heavy (non-hydrogen) atoms. The van der Waals surface area contributed by atoms with Crippen LogP contribution >= 0.6 is 11.6 Å². The summed E-state index contributed by atoms with van der Waals surface area (Å²) in [6.45, 7) is 5.67. The number of anilines is 1. The molecule has 2 bridgehead atoms. The average Bonchev–Trinajstić information content (AvgIpc) is 3.35. The largest absolute Gasteiger partial charge is 0.461 e. The van der Waals surface area contributed by atoms with Gasteiger partial charge in [-0.15, -0.1) is 0 Å². The number of alkyl halides is 2. The van der Waals surface area contributed by atoms with E-state index in [9.17, 15) is 23.6 Å². The molecule has 4 fully saturated rings. The third-order valence-electron chi connectivity index (χ3n) is 8.48. The topological polar surface area (TPSA) is 117 Å². The molecule has 3 heterocycles. The van der Waals surface area contributed by atoms with Crippen molar-refractivity contribution in [3.8, 4) is 0 Å². The smallest absolute Gasteiger partial charge is 0.366 e. The van der Waals surface area contributed by atoms with E-state index in [1.54, 1.807) is 24.3 Å². The van der Waals surface area contributed by atoms with Crippen LogP contribution in [0, 0.1) is 17.8 Å². The molecule has 0 unspecified atom stereocenters. The Morgan fingerprint density at radius 1 is 1.23 bits per heavy atom. The molecule has 242 valence electrons. The summed E-state index contributed by atoms with van der Waals surface area (Å²) in [6, 6.07) is 2.33. The summed E-state index contributed by atoms with van der Waals surface area (Å²) in [7, 11) is 0. The van der Waals surface area contributed by atoms with Gasteiger partial charge in [-0.2, -0.15) is 4.39 Å². The molecule has 5 rings (SSSR count). The summed E-state index contributed by atoms with van der Waals surface area (Å²) in [5.74, 6) is -9.42. The summed E-state index contributed by atoms with van der Waals surface area (Å²) in [5, 5.41) is 8.90. The molecule has 3 saturated heterocycles.